The van der Waals surface area contributed by atoms with Gasteiger partial charge >= 0.3 is 0 Å². The van der Waals surface area contributed by atoms with Crippen molar-refractivity contribution in [1.82, 2.24) is 29.5 Å². The van der Waals surface area contributed by atoms with Crippen molar-refractivity contribution in [2.45, 2.75) is 18.1 Å². The Bertz CT molecular complexity index is 1330. The molecule has 0 spiro atoms. The largest absolute Gasteiger partial charge is 0.377 e. The number of hydrogen-bond donors (Lipinski definition) is 1. The van der Waals surface area contributed by atoms with Gasteiger partial charge in [-0.2, -0.15) is 0 Å². The molecule has 1 atom stereocenters. The molecule has 10 nitrogen and oxygen atoms in total. The molecule has 1 aliphatic heterocycles. The second kappa shape index (κ2) is 6.49. The van der Waals surface area contributed by atoms with E-state index in [4.69, 9.17) is 9.72 Å². The number of rotatable bonds is 3. The number of nitrogens with one attached hydrogen (secondary N) is 1. The van der Waals surface area contributed by atoms with E-state index < -0.39 is 9.84 Å². The summed E-state index contributed by atoms with van der Waals surface area (Å²) in [5, 5.41) is 8.86. The molecule has 1 fully saturated rings. The molecule has 150 valence electrons. The van der Waals surface area contributed by atoms with E-state index >= 15 is 0 Å². The van der Waals surface area contributed by atoms with Gasteiger partial charge in [-0.15, -0.1) is 10.2 Å². The van der Waals surface area contributed by atoms with Gasteiger partial charge in [0.25, 0.3) is 5.16 Å². The van der Waals surface area contributed by atoms with Gasteiger partial charge in [0.1, 0.15) is 17.2 Å². The second-order valence-electron chi connectivity index (χ2n) is 7.11. The van der Waals surface area contributed by atoms with Gasteiger partial charge in [0.15, 0.2) is 5.65 Å². The van der Waals surface area contributed by atoms with Crippen molar-refractivity contribution in [1.29, 1.82) is 0 Å². The van der Waals surface area contributed by atoms with Crippen LogP contribution in [0.15, 0.2) is 35.9 Å². The zero-order valence-electron chi connectivity index (χ0n) is 15.9. The molecule has 4 aromatic rings. The van der Waals surface area contributed by atoms with Crippen LogP contribution < -0.4 is 4.90 Å². The minimum absolute atomic E-state index is 0.101. The van der Waals surface area contributed by atoms with Crippen LogP contribution >= 0.6 is 0 Å². The minimum Gasteiger partial charge on any atom is -0.377 e. The predicted octanol–water partition coefficient (Wildman–Crippen LogP) is 1.30. The third-order valence-electron chi connectivity index (χ3n) is 5.06. The van der Waals surface area contributed by atoms with Gasteiger partial charge in [0.05, 0.1) is 25.5 Å². The Morgan fingerprint density at radius 1 is 1.28 bits per heavy atom. The van der Waals surface area contributed by atoms with E-state index in [1.165, 1.54) is 4.40 Å². The molecule has 0 amide bonds. The van der Waals surface area contributed by atoms with Crippen molar-refractivity contribution in [2.75, 3.05) is 30.9 Å². The standard InChI is InChI=1S/C18H19N7O3S/c1-11-10-28-8-7-24(11)14-9-25-17(22-23-18(25)29(2,26)27)15(21-14)12-3-5-19-16-13(12)4-6-20-16/h3-6,9,11H,7-8,10H2,1-2H3,(H,19,20)/t11-/m1/s1. The van der Waals surface area contributed by atoms with Crippen molar-refractivity contribution < 1.29 is 13.2 Å². The van der Waals surface area contributed by atoms with E-state index in [1.807, 2.05) is 19.1 Å². The second-order valence-corrected chi connectivity index (χ2v) is 9.02. The maximum Gasteiger partial charge on any atom is 0.253 e. The van der Waals surface area contributed by atoms with Crippen LogP contribution in [0.2, 0.25) is 0 Å². The predicted molar refractivity (Wildman–Crippen MR) is 107 cm³/mol. The Morgan fingerprint density at radius 2 is 2.14 bits per heavy atom. The van der Waals surface area contributed by atoms with Gasteiger partial charge < -0.3 is 14.6 Å². The number of hydrogen-bond acceptors (Lipinski definition) is 8. The summed E-state index contributed by atoms with van der Waals surface area (Å²) in [5.41, 5.74) is 2.45. The molecule has 11 heteroatoms. The van der Waals surface area contributed by atoms with E-state index in [0.717, 1.165) is 22.9 Å². The highest BCUT2D eigenvalue weighted by molar-refractivity contribution is 7.90. The third kappa shape index (κ3) is 2.93. The number of aromatic amines is 1. The highest BCUT2D eigenvalue weighted by Crippen LogP contribution is 2.31. The summed E-state index contributed by atoms with van der Waals surface area (Å²) < 4.78 is 31.6. The first-order valence-electron chi connectivity index (χ1n) is 9.16. The fraction of sp³-hybridized carbons (Fsp3) is 0.333. The minimum atomic E-state index is -3.58. The number of anilines is 1. The number of sulfone groups is 1. The molecule has 1 aliphatic rings. The Kier molecular flexibility index (Phi) is 4.03. The van der Waals surface area contributed by atoms with Crippen LogP contribution in [-0.2, 0) is 14.6 Å². The lowest BCUT2D eigenvalue weighted by atomic mass is 10.1. The number of morpholine rings is 1. The summed E-state index contributed by atoms with van der Waals surface area (Å²) in [6.07, 6.45) is 6.30. The van der Waals surface area contributed by atoms with Crippen molar-refractivity contribution in [3.05, 3.63) is 30.7 Å². The van der Waals surface area contributed by atoms with Crippen molar-refractivity contribution >= 4 is 32.3 Å². The SMILES string of the molecule is C[C@@H]1COCCN1c1cn2c(S(C)(=O)=O)nnc2c(-c2ccnc3[nH]ccc23)n1. The van der Waals surface area contributed by atoms with Crippen molar-refractivity contribution in [3.63, 3.8) is 0 Å². The Balaban J connectivity index is 1.83. The molecule has 0 bridgehead atoms. The Labute approximate surface area is 166 Å². The van der Waals surface area contributed by atoms with Crippen LogP contribution in [0.5, 0.6) is 0 Å². The lowest BCUT2D eigenvalue weighted by Gasteiger charge is -2.34. The van der Waals surface area contributed by atoms with Crippen LogP contribution in [-0.4, -0.2) is 70.0 Å². The fourth-order valence-electron chi connectivity index (χ4n) is 3.67. The molecule has 5 heterocycles. The van der Waals surface area contributed by atoms with Crippen LogP contribution in [0.25, 0.3) is 27.9 Å². The molecule has 4 aromatic heterocycles. The zero-order valence-corrected chi connectivity index (χ0v) is 16.7. The highest BCUT2D eigenvalue weighted by atomic mass is 32.2. The summed E-state index contributed by atoms with van der Waals surface area (Å²) in [6, 6.07) is 3.86. The lowest BCUT2D eigenvalue weighted by molar-refractivity contribution is 0.0985. The average molecular weight is 413 g/mol. The molecule has 1 saturated heterocycles. The monoisotopic (exact) mass is 413 g/mol. The van der Waals surface area contributed by atoms with E-state index in [2.05, 4.69) is 25.1 Å². The van der Waals surface area contributed by atoms with E-state index in [-0.39, 0.29) is 11.2 Å². The molecule has 0 aliphatic carbocycles. The number of fused-ring (bicyclic) bond motifs is 2. The lowest BCUT2D eigenvalue weighted by Crippen LogP contribution is -2.44. The van der Waals surface area contributed by atoms with E-state index in [1.54, 1.807) is 18.6 Å². The van der Waals surface area contributed by atoms with Gasteiger partial charge in [-0.3, -0.25) is 4.40 Å². The maximum atomic E-state index is 12.3. The van der Waals surface area contributed by atoms with Crippen molar-refractivity contribution in [3.8, 4) is 11.3 Å². The topological polar surface area (TPSA) is 118 Å². The maximum absolute atomic E-state index is 12.3. The summed E-state index contributed by atoms with van der Waals surface area (Å²) in [4.78, 5) is 14.4. The first-order valence-corrected chi connectivity index (χ1v) is 11.1. The highest BCUT2D eigenvalue weighted by Gasteiger charge is 2.26. The fourth-order valence-corrected chi connectivity index (χ4v) is 4.36. The molecule has 29 heavy (non-hydrogen) atoms. The van der Waals surface area contributed by atoms with Gasteiger partial charge in [-0.1, -0.05) is 0 Å². The Morgan fingerprint density at radius 3 is 2.93 bits per heavy atom. The molecule has 1 N–H and O–H groups in total. The van der Waals surface area contributed by atoms with Crippen molar-refractivity contribution in [2.24, 2.45) is 0 Å². The molecule has 5 rings (SSSR count). The molecule has 0 unspecified atom stereocenters. The summed E-state index contributed by atoms with van der Waals surface area (Å²) in [7, 11) is -3.58. The average Bonchev–Trinajstić information content (AvgIpc) is 3.34. The van der Waals surface area contributed by atoms with Gasteiger partial charge in [-0.05, 0) is 19.1 Å². The first kappa shape index (κ1) is 18.0. The Hall–Kier alpha value is -3.05. The smallest absolute Gasteiger partial charge is 0.253 e. The quantitative estimate of drug-likeness (QED) is 0.534. The van der Waals surface area contributed by atoms with E-state index in [0.29, 0.717) is 36.9 Å². The first-order chi connectivity index (χ1) is 13.9. The summed E-state index contributed by atoms with van der Waals surface area (Å²) in [5.74, 6) is 0.647. The summed E-state index contributed by atoms with van der Waals surface area (Å²) >= 11 is 0. The molecular weight excluding hydrogens is 394 g/mol. The van der Waals surface area contributed by atoms with E-state index in [9.17, 15) is 8.42 Å². The molecular formula is C18H19N7O3S. The number of pyridine rings is 1. The summed E-state index contributed by atoms with van der Waals surface area (Å²) in [6.45, 7) is 3.86. The van der Waals surface area contributed by atoms with Gasteiger partial charge in [-0.25, -0.2) is 18.4 Å². The molecule has 0 saturated carbocycles. The number of aromatic nitrogens is 6. The number of ether oxygens (including phenoxy) is 1. The number of nitrogens with zero attached hydrogens (tertiary/aromatic N) is 6. The van der Waals surface area contributed by atoms with Crippen LogP contribution in [0.4, 0.5) is 5.82 Å². The number of H-pyrrole nitrogens is 1. The third-order valence-corrected chi connectivity index (χ3v) is 6.00. The zero-order chi connectivity index (χ0) is 20.2. The van der Waals surface area contributed by atoms with Crippen LogP contribution in [0.1, 0.15) is 6.92 Å². The van der Waals surface area contributed by atoms with Gasteiger partial charge in [0.2, 0.25) is 9.84 Å². The molecule has 0 radical (unpaired) electrons. The molecule has 0 aromatic carbocycles. The van der Waals surface area contributed by atoms with Crippen LogP contribution in [0, 0.1) is 0 Å². The van der Waals surface area contributed by atoms with Gasteiger partial charge in [0, 0.05) is 36.1 Å². The van der Waals surface area contributed by atoms with Crippen LogP contribution in [0.3, 0.4) is 0 Å². The normalized spacial score (nSPS) is 18.0.